The number of carbonyl (C=O) groups is 6. The molecule has 0 aromatic rings. The number of nitrogens with two attached hydrogens (primary N) is 2. The van der Waals surface area contributed by atoms with E-state index in [1.807, 2.05) is 10.6 Å². The zero-order valence-electron chi connectivity index (χ0n) is 16.6. The summed E-state index contributed by atoms with van der Waals surface area (Å²) < 4.78 is 0. The summed E-state index contributed by atoms with van der Waals surface area (Å²) in [4.78, 5) is 69.4. The Bertz CT molecular complexity index is 698. The van der Waals surface area contributed by atoms with Gasteiger partial charge >= 0.3 is 11.9 Å². The van der Waals surface area contributed by atoms with Gasteiger partial charge in [0.1, 0.15) is 24.2 Å². The summed E-state index contributed by atoms with van der Waals surface area (Å²) in [5.41, 5.74) is 10.5. The van der Waals surface area contributed by atoms with Gasteiger partial charge in [0.25, 0.3) is 0 Å². The van der Waals surface area contributed by atoms with Crippen LogP contribution >= 0.6 is 0 Å². The van der Waals surface area contributed by atoms with E-state index in [4.69, 9.17) is 21.7 Å². The van der Waals surface area contributed by atoms with Crippen molar-refractivity contribution in [3.05, 3.63) is 0 Å². The molecule has 176 valence electrons. The number of carboxylic acid groups (broad SMARTS) is 2. The fraction of sp³-hybridized carbons (Fsp3) is 0.625. The molecule has 31 heavy (non-hydrogen) atoms. The summed E-state index contributed by atoms with van der Waals surface area (Å²) in [6.45, 7) is 0.228. The van der Waals surface area contributed by atoms with E-state index in [0.717, 1.165) is 0 Å². The van der Waals surface area contributed by atoms with E-state index in [0.29, 0.717) is 0 Å². The second-order valence-corrected chi connectivity index (χ2v) is 6.57. The third-order valence-corrected chi connectivity index (χ3v) is 3.94. The van der Waals surface area contributed by atoms with Gasteiger partial charge in [-0.3, -0.25) is 24.0 Å². The second-order valence-electron chi connectivity index (χ2n) is 6.57. The molecule has 0 rings (SSSR count). The first-order chi connectivity index (χ1) is 14.3. The van der Waals surface area contributed by atoms with Gasteiger partial charge in [-0.2, -0.15) is 0 Å². The number of aliphatic hydroxyl groups is 2. The molecule has 5 unspecified atom stereocenters. The molecule has 0 heterocycles. The van der Waals surface area contributed by atoms with E-state index in [9.17, 15) is 39.0 Å². The highest BCUT2D eigenvalue weighted by Gasteiger charge is 2.31. The van der Waals surface area contributed by atoms with Crippen molar-refractivity contribution < 1.29 is 49.2 Å². The molecule has 4 amide bonds. The minimum atomic E-state index is -1.83. The van der Waals surface area contributed by atoms with E-state index in [-0.39, 0.29) is 12.8 Å². The number of hydrogen-bond donors (Lipinski definition) is 9. The number of primary amides is 1. The Morgan fingerprint density at radius 3 is 1.77 bits per heavy atom. The van der Waals surface area contributed by atoms with E-state index < -0.39 is 78.9 Å². The molecule has 0 aliphatic rings. The van der Waals surface area contributed by atoms with Crippen LogP contribution in [0, 0.1) is 0 Å². The molecule has 0 fully saturated rings. The van der Waals surface area contributed by atoms with Crippen molar-refractivity contribution in [1.29, 1.82) is 0 Å². The van der Waals surface area contributed by atoms with Crippen LogP contribution in [0.5, 0.6) is 0 Å². The molecule has 0 radical (unpaired) electrons. The van der Waals surface area contributed by atoms with Gasteiger partial charge in [0, 0.05) is 6.42 Å². The number of rotatable bonds is 14. The lowest BCUT2D eigenvalue weighted by atomic mass is 10.1. The molecular formula is C16H27N5O10. The maximum atomic E-state index is 12.5. The van der Waals surface area contributed by atoms with Gasteiger partial charge in [0.05, 0.1) is 19.1 Å². The highest BCUT2D eigenvalue weighted by atomic mass is 16.4. The average molecular weight is 449 g/mol. The number of carbonyl (C=O) groups excluding carboxylic acids is 4. The zero-order valence-corrected chi connectivity index (χ0v) is 16.6. The third-order valence-electron chi connectivity index (χ3n) is 3.94. The van der Waals surface area contributed by atoms with Crippen LogP contribution in [-0.2, 0) is 28.8 Å². The van der Waals surface area contributed by atoms with Gasteiger partial charge in [-0.25, -0.2) is 4.79 Å². The molecule has 0 spiro atoms. The molecule has 0 aromatic heterocycles. The minimum Gasteiger partial charge on any atom is -0.481 e. The Kier molecular flexibility index (Phi) is 11.7. The molecule has 0 saturated heterocycles. The zero-order chi connectivity index (χ0) is 24.3. The monoisotopic (exact) mass is 449 g/mol. The number of nitrogens with one attached hydrogen (secondary N) is 3. The van der Waals surface area contributed by atoms with Crippen molar-refractivity contribution in [3.8, 4) is 0 Å². The largest absolute Gasteiger partial charge is 0.481 e. The highest BCUT2D eigenvalue weighted by Crippen LogP contribution is 2.02. The number of hydrogen-bond acceptors (Lipinski definition) is 9. The molecular weight excluding hydrogens is 422 g/mol. The van der Waals surface area contributed by atoms with E-state index in [1.165, 1.54) is 6.92 Å². The Morgan fingerprint density at radius 1 is 0.871 bits per heavy atom. The van der Waals surface area contributed by atoms with Crippen LogP contribution in [0.1, 0.15) is 26.2 Å². The summed E-state index contributed by atoms with van der Waals surface area (Å²) in [6.07, 6.45) is -2.88. The standard InChI is InChI=1S/C16H27N5O10/c1-6(23)12(18)15(29)19-7(2-3-10(17)24)13(27)21-9(5-22)14(28)20-8(16(30)31)4-11(25)26/h6-9,12,22-23H,2-5,18H2,1H3,(H2,17,24)(H,19,29)(H,20,28)(H,21,27)(H,25,26)(H,30,31). The summed E-state index contributed by atoms with van der Waals surface area (Å²) >= 11 is 0. The van der Waals surface area contributed by atoms with Gasteiger partial charge in [-0.05, 0) is 13.3 Å². The molecule has 15 heteroatoms. The maximum Gasteiger partial charge on any atom is 0.326 e. The summed E-state index contributed by atoms with van der Waals surface area (Å²) in [5, 5.41) is 42.5. The second kappa shape index (κ2) is 13.1. The van der Waals surface area contributed by atoms with Crippen molar-refractivity contribution in [3.63, 3.8) is 0 Å². The van der Waals surface area contributed by atoms with Gasteiger partial charge in [-0.15, -0.1) is 0 Å². The number of aliphatic hydroxyl groups excluding tert-OH is 2. The van der Waals surface area contributed by atoms with Crippen LogP contribution in [0.4, 0.5) is 0 Å². The molecule has 0 aliphatic carbocycles. The fourth-order valence-corrected chi connectivity index (χ4v) is 2.16. The van der Waals surface area contributed by atoms with Crippen LogP contribution in [0.2, 0.25) is 0 Å². The van der Waals surface area contributed by atoms with E-state index in [2.05, 4.69) is 5.32 Å². The summed E-state index contributed by atoms with van der Waals surface area (Å²) in [6, 6.07) is -6.39. The van der Waals surface area contributed by atoms with Crippen molar-refractivity contribution in [2.24, 2.45) is 11.5 Å². The van der Waals surface area contributed by atoms with Crippen LogP contribution in [0.25, 0.3) is 0 Å². The molecule has 5 atom stereocenters. The van der Waals surface area contributed by atoms with Gasteiger partial charge in [-0.1, -0.05) is 0 Å². The SMILES string of the molecule is CC(O)C(N)C(=O)NC(CCC(N)=O)C(=O)NC(CO)C(=O)NC(CC(=O)O)C(=O)O. The first-order valence-electron chi connectivity index (χ1n) is 8.98. The smallest absolute Gasteiger partial charge is 0.326 e. The predicted molar refractivity (Wildman–Crippen MR) is 101 cm³/mol. The minimum absolute atomic E-state index is 0.310. The topological polar surface area (TPSA) is 271 Å². The molecule has 0 bridgehead atoms. The van der Waals surface area contributed by atoms with Crippen LogP contribution in [0.3, 0.4) is 0 Å². The lowest BCUT2D eigenvalue weighted by molar-refractivity contribution is -0.147. The average Bonchev–Trinajstić information content (AvgIpc) is 2.66. The summed E-state index contributed by atoms with van der Waals surface area (Å²) in [5.74, 6) is -7.17. The lowest BCUT2D eigenvalue weighted by Crippen LogP contribution is -2.59. The molecule has 11 N–H and O–H groups in total. The summed E-state index contributed by atoms with van der Waals surface area (Å²) in [7, 11) is 0. The normalized spacial score (nSPS) is 15.5. The molecule has 15 nitrogen and oxygen atoms in total. The van der Waals surface area contributed by atoms with Gasteiger partial charge < -0.3 is 47.8 Å². The number of aliphatic carboxylic acids is 2. The van der Waals surface area contributed by atoms with Gasteiger partial charge in [0.2, 0.25) is 23.6 Å². The highest BCUT2D eigenvalue weighted by molar-refractivity contribution is 5.95. The Hall–Kier alpha value is -3.30. The van der Waals surface area contributed by atoms with Gasteiger partial charge in [0.15, 0.2) is 0 Å². The number of amides is 4. The first kappa shape index (κ1) is 27.7. The van der Waals surface area contributed by atoms with Crippen LogP contribution < -0.4 is 27.4 Å². The Labute approximate surface area is 176 Å². The van der Waals surface area contributed by atoms with Crippen molar-refractivity contribution >= 4 is 35.6 Å². The predicted octanol–water partition coefficient (Wildman–Crippen LogP) is -5.03. The molecule has 0 saturated carbocycles. The van der Waals surface area contributed by atoms with Crippen LogP contribution in [0.15, 0.2) is 0 Å². The maximum absolute atomic E-state index is 12.5. The fourth-order valence-electron chi connectivity index (χ4n) is 2.16. The van der Waals surface area contributed by atoms with Crippen molar-refractivity contribution in [2.45, 2.75) is 56.5 Å². The Morgan fingerprint density at radius 2 is 1.35 bits per heavy atom. The Balaban J connectivity index is 5.32. The molecule has 0 aliphatic heterocycles. The molecule has 0 aromatic carbocycles. The van der Waals surface area contributed by atoms with E-state index >= 15 is 0 Å². The quantitative estimate of drug-likeness (QED) is 0.121. The lowest BCUT2D eigenvalue weighted by Gasteiger charge is -2.24. The third kappa shape index (κ3) is 10.3. The van der Waals surface area contributed by atoms with E-state index in [1.54, 1.807) is 0 Å². The van der Waals surface area contributed by atoms with Crippen molar-refractivity contribution in [1.82, 2.24) is 16.0 Å². The first-order valence-corrected chi connectivity index (χ1v) is 8.98. The number of carboxylic acids is 2. The van der Waals surface area contributed by atoms with Crippen molar-refractivity contribution in [2.75, 3.05) is 6.61 Å². The van der Waals surface area contributed by atoms with Crippen LogP contribution in [-0.4, -0.2) is 92.9 Å².